The van der Waals surface area contributed by atoms with E-state index in [-0.39, 0.29) is 18.2 Å². The molecule has 9 heteroatoms. The molecule has 2 N–H and O–H groups in total. The maximum absolute atomic E-state index is 12.0. The Labute approximate surface area is 154 Å². The summed E-state index contributed by atoms with van der Waals surface area (Å²) in [6, 6.07) is 9.33. The van der Waals surface area contributed by atoms with Gasteiger partial charge in [-0.05, 0) is 12.1 Å². The van der Waals surface area contributed by atoms with Crippen LogP contribution in [0.3, 0.4) is 0 Å². The summed E-state index contributed by atoms with van der Waals surface area (Å²) < 4.78 is 10.6. The number of hydrogen-bond acceptors (Lipinski definition) is 7. The van der Waals surface area contributed by atoms with Gasteiger partial charge >= 0.3 is 0 Å². The van der Waals surface area contributed by atoms with E-state index in [0.717, 1.165) is 17.8 Å². The minimum absolute atomic E-state index is 0.131. The van der Waals surface area contributed by atoms with Crippen molar-refractivity contribution in [3.05, 3.63) is 41.9 Å². The van der Waals surface area contributed by atoms with Crippen molar-refractivity contribution >= 4 is 17.7 Å². The SMILES string of the molecule is CCc1nc(SCC(=O)NCc2cc(-c3ccccc3OC)no2)n[nH]1. The highest BCUT2D eigenvalue weighted by atomic mass is 32.2. The molecule has 26 heavy (non-hydrogen) atoms. The molecule has 0 aliphatic rings. The predicted molar refractivity (Wildman–Crippen MR) is 96.8 cm³/mol. The first kappa shape index (κ1) is 18.0. The lowest BCUT2D eigenvalue weighted by molar-refractivity contribution is -0.118. The summed E-state index contributed by atoms with van der Waals surface area (Å²) in [5.41, 5.74) is 1.50. The van der Waals surface area contributed by atoms with E-state index in [1.165, 1.54) is 11.8 Å². The number of amides is 1. The van der Waals surface area contributed by atoms with Gasteiger partial charge in [-0.1, -0.05) is 36.0 Å². The van der Waals surface area contributed by atoms with Gasteiger partial charge in [0.05, 0.1) is 19.4 Å². The number of nitrogens with zero attached hydrogens (tertiary/aromatic N) is 3. The van der Waals surface area contributed by atoms with Gasteiger partial charge in [-0.25, -0.2) is 4.98 Å². The van der Waals surface area contributed by atoms with Crippen molar-refractivity contribution in [2.24, 2.45) is 0 Å². The van der Waals surface area contributed by atoms with Crippen molar-refractivity contribution in [3.63, 3.8) is 0 Å². The summed E-state index contributed by atoms with van der Waals surface area (Å²) in [4.78, 5) is 16.2. The van der Waals surface area contributed by atoms with Crippen LogP contribution in [0.25, 0.3) is 11.3 Å². The molecule has 1 amide bonds. The van der Waals surface area contributed by atoms with E-state index in [4.69, 9.17) is 9.26 Å². The van der Waals surface area contributed by atoms with E-state index < -0.39 is 0 Å². The summed E-state index contributed by atoms with van der Waals surface area (Å²) in [7, 11) is 1.61. The van der Waals surface area contributed by atoms with Crippen molar-refractivity contribution in [2.75, 3.05) is 12.9 Å². The number of H-pyrrole nitrogens is 1. The number of aromatic amines is 1. The molecule has 0 saturated heterocycles. The number of nitrogens with one attached hydrogen (secondary N) is 2. The molecule has 136 valence electrons. The van der Waals surface area contributed by atoms with E-state index >= 15 is 0 Å². The molecule has 0 aliphatic heterocycles. The Morgan fingerprint density at radius 2 is 2.23 bits per heavy atom. The van der Waals surface area contributed by atoms with E-state index in [1.807, 2.05) is 31.2 Å². The third kappa shape index (κ3) is 4.42. The zero-order valence-corrected chi connectivity index (χ0v) is 15.3. The fourth-order valence-corrected chi connectivity index (χ4v) is 2.89. The normalized spacial score (nSPS) is 10.7. The van der Waals surface area contributed by atoms with Crippen LogP contribution in [0.4, 0.5) is 0 Å². The van der Waals surface area contributed by atoms with Gasteiger partial charge in [0.2, 0.25) is 11.1 Å². The minimum Gasteiger partial charge on any atom is -0.496 e. The lowest BCUT2D eigenvalue weighted by atomic mass is 10.1. The largest absolute Gasteiger partial charge is 0.496 e. The van der Waals surface area contributed by atoms with Crippen molar-refractivity contribution in [1.82, 2.24) is 25.7 Å². The molecule has 0 radical (unpaired) electrons. The van der Waals surface area contributed by atoms with Crippen LogP contribution in [-0.4, -0.2) is 39.1 Å². The molecule has 0 bridgehead atoms. The van der Waals surface area contributed by atoms with E-state index in [0.29, 0.717) is 22.4 Å². The number of benzene rings is 1. The number of carbonyl (C=O) groups excluding carboxylic acids is 1. The molecule has 2 heterocycles. The fraction of sp³-hybridized carbons (Fsp3) is 0.294. The lowest BCUT2D eigenvalue weighted by Gasteiger charge is -2.03. The molecule has 0 fully saturated rings. The summed E-state index contributed by atoms with van der Waals surface area (Å²) in [6.45, 7) is 2.24. The van der Waals surface area contributed by atoms with Gasteiger partial charge in [0, 0.05) is 18.1 Å². The topological polar surface area (TPSA) is 106 Å². The van der Waals surface area contributed by atoms with Gasteiger partial charge in [0.25, 0.3) is 0 Å². The molecule has 0 atom stereocenters. The monoisotopic (exact) mass is 373 g/mol. The number of rotatable bonds is 8. The first-order chi connectivity index (χ1) is 12.7. The Hall–Kier alpha value is -2.81. The van der Waals surface area contributed by atoms with Crippen molar-refractivity contribution in [3.8, 4) is 17.0 Å². The zero-order valence-electron chi connectivity index (χ0n) is 14.5. The zero-order chi connectivity index (χ0) is 18.4. The second kappa shape index (κ2) is 8.52. The van der Waals surface area contributed by atoms with Crippen LogP contribution >= 0.6 is 11.8 Å². The molecule has 8 nitrogen and oxygen atoms in total. The molecule has 3 aromatic rings. The third-order valence-electron chi connectivity index (χ3n) is 3.58. The fourth-order valence-electron chi connectivity index (χ4n) is 2.25. The maximum atomic E-state index is 12.0. The van der Waals surface area contributed by atoms with Crippen LogP contribution in [0, 0.1) is 0 Å². The minimum atomic E-state index is -0.131. The lowest BCUT2D eigenvalue weighted by Crippen LogP contribution is -2.24. The van der Waals surface area contributed by atoms with Crippen LogP contribution in [0.1, 0.15) is 18.5 Å². The van der Waals surface area contributed by atoms with Gasteiger partial charge < -0.3 is 14.6 Å². The molecular formula is C17H19N5O3S. The maximum Gasteiger partial charge on any atom is 0.230 e. The Balaban J connectivity index is 1.52. The molecule has 3 rings (SSSR count). The van der Waals surface area contributed by atoms with E-state index in [1.54, 1.807) is 13.2 Å². The number of para-hydroxylation sites is 1. The van der Waals surface area contributed by atoms with Crippen molar-refractivity contribution in [1.29, 1.82) is 0 Å². The van der Waals surface area contributed by atoms with Gasteiger partial charge in [-0.3, -0.25) is 9.89 Å². The number of aromatic nitrogens is 4. The molecule has 0 saturated carbocycles. The molecular weight excluding hydrogens is 354 g/mol. The molecule has 0 unspecified atom stereocenters. The van der Waals surface area contributed by atoms with Crippen molar-refractivity contribution < 1.29 is 14.1 Å². The number of carbonyl (C=O) groups is 1. The van der Waals surface area contributed by atoms with E-state index in [2.05, 4.69) is 25.7 Å². The Morgan fingerprint density at radius 3 is 3.00 bits per heavy atom. The summed E-state index contributed by atoms with van der Waals surface area (Å²) >= 11 is 1.28. The van der Waals surface area contributed by atoms with Crippen molar-refractivity contribution in [2.45, 2.75) is 25.0 Å². The second-order valence-corrected chi connectivity index (χ2v) is 6.30. The number of methoxy groups -OCH3 is 1. The van der Waals surface area contributed by atoms with Gasteiger partial charge in [0.15, 0.2) is 5.76 Å². The Kier molecular flexibility index (Phi) is 5.90. The third-order valence-corrected chi connectivity index (χ3v) is 4.43. The van der Waals surface area contributed by atoms with Crippen LogP contribution in [-0.2, 0) is 17.8 Å². The quantitative estimate of drug-likeness (QED) is 0.584. The smallest absolute Gasteiger partial charge is 0.230 e. The average Bonchev–Trinajstić information content (AvgIpc) is 3.34. The summed E-state index contributed by atoms with van der Waals surface area (Å²) in [5, 5.41) is 14.3. The molecule has 0 spiro atoms. The Bertz CT molecular complexity index is 877. The highest BCUT2D eigenvalue weighted by molar-refractivity contribution is 7.99. The van der Waals surface area contributed by atoms with Gasteiger partial charge in [0.1, 0.15) is 17.3 Å². The first-order valence-corrected chi connectivity index (χ1v) is 9.08. The number of thioether (sulfide) groups is 1. The number of ether oxygens (including phenoxy) is 1. The molecule has 0 aliphatic carbocycles. The van der Waals surface area contributed by atoms with Gasteiger partial charge in [-0.2, -0.15) is 0 Å². The van der Waals surface area contributed by atoms with Crippen LogP contribution < -0.4 is 10.1 Å². The number of hydrogen-bond donors (Lipinski definition) is 2. The number of aryl methyl sites for hydroxylation is 1. The van der Waals surface area contributed by atoms with Gasteiger partial charge in [-0.15, -0.1) is 5.10 Å². The second-order valence-electron chi connectivity index (χ2n) is 5.36. The molecule has 2 aromatic heterocycles. The summed E-state index contributed by atoms with van der Waals surface area (Å²) in [6.07, 6.45) is 0.778. The summed E-state index contributed by atoms with van der Waals surface area (Å²) in [5.74, 6) is 2.18. The van der Waals surface area contributed by atoms with Crippen LogP contribution in [0.15, 0.2) is 40.0 Å². The Morgan fingerprint density at radius 1 is 1.38 bits per heavy atom. The standard InChI is InChI=1S/C17H19N5O3S/c1-3-15-19-17(21-20-15)26-10-16(23)18-9-11-8-13(22-25-11)12-6-4-5-7-14(12)24-2/h4-8H,3,9-10H2,1-2H3,(H,18,23)(H,19,20,21). The van der Waals surface area contributed by atoms with Crippen LogP contribution in [0.2, 0.25) is 0 Å². The van der Waals surface area contributed by atoms with E-state index in [9.17, 15) is 4.79 Å². The average molecular weight is 373 g/mol. The highest BCUT2D eigenvalue weighted by Crippen LogP contribution is 2.28. The van der Waals surface area contributed by atoms with Crippen LogP contribution in [0.5, 0.6) is 5.75 Å². The predicted octanol–water partition coefficient (Wildman–Crippen LogP) is 2.44. The molecule has 1 aromatic carbocycles. The highest BCUT2D eigenvalue weighted by Gasteiger charge is 2.12. The first-order valence-electron chi connectivity index (χ1n) is 8.09.